The highest BCUT2D eigenvalue weighted by molar-refractivity contribution is 7.18. The van der Waals surface area contributed by atoms with E-state index in [4.69, 9.17) is 0 Å². The summed E-state index contributed by atoms with van der Waals surface area (Å²) >= 11 is 1.23. The number of nitrogens with zero attached hydrogens (tertiary/aromatic N) is 3. The van der Waals surface area contributed by atoms with E-state index in [2.05, 4.69) is 25.8 Å². The molecular formula is C14H17N5O2S. The molecule has 0 spiro atoms. The van der Waals surface area contributed by atoms with E-state index >= 15 is 0 Å². The molecule has 0 unspecified atom stereocenters. The summed E-state index contributed by atoms with van der Waals surface area (Å²) in [5, 5.41) is 14.3. The molecule has 2 aromatic rings. The molecule has 22 heavy (non-hydrogen) atoms. The lowest BCUT2D eigenvalue weighted by Crippen LogP contribution is -2.46. The third-order valence-electron chi connectivity index (χ3n) is 2.85. The number of anilines is 1. The standard InChI is InChI=1S/C14H17N5O2S/c1-8(2)11(16-9(3)20)12(21)17-14-19-18-13(22-14)10-6-4-5-7-15-10/h4-8,11H,1-3H3,(H,16,20)(H,17,19,21)/t11-/m0/s1. The summed E-state index contributed by atoms with van der Waals surface area (Å²) in [4.78, 5) is 27.6. The van der Waals surface area contributed by atoms with Gasteiger partial charge in [0.15, 0.2) is 5.01 Å². The molecule has 0 radical (unpaired) electrons. The molecule has 1 atom stereocenters. The monoisotopic (exact) mass is 319 g/mol. The van der Waals surface area contributed by atoms with Crippen molar-refractivity contribution in [2.45, 2.75) is 26.8 Å². The van der Waals surface area contributed by atoms with Gasteiger partial charge >= 0.3 is 0 Å². The Morgan fingerprint density at radius 1 is 1.23 bits per heavy atom. The zero-order valence-electron chi connectivity index (χ0n) is 12.5. The van der Waals surface area contributed by atoms with Gasteiger partial charge in [-0.1, -0.05) is 31.3 Å². The number of pyridine rings is 1. The van der Waals surface area contributed by atoms with E-state index < -0.39 is 6.04 Å². The SMILES string of the molecule is CC(=O)N[C@H](C(=O)Nc1nnc(-c2ccccn2)s1)C(C)C. The molecule has 0 saturated heterocycles. The summed E-state index contributed by atoms with van der Waals surface area (Å²) in [7, 11) is 0. The van der Waals surface area contributed by atoms with Crippen LogP contribution in [0.15, 0.2) is 24.4 Å². The van der Waals surface area contributed by atoms with Crippen LogP contribution in [0.5, 0.6) is 0 Å². The number of carbonyl (C=O) groups excluding carboxylic acids is 2. The average Bonchev–Trinajstić information content (AvgIpc) is 2.93. The summed E-state index contributed by atoms with van der Waals surface area (Å²) in [6.07, 6.45) is 1.67. The van der Waals surface area contributed by atoms with Gasteiger partial charge in [-0.3, -0.25) is 19.9 Å². The summed E-state index contributed by atoms with van der Waals surface area (Å²) < 4.78 is 0. The molecule has 0 saturated carbocycles. The Kier molecular flexibility index (Phi) is 5.16. The van der Waals surface area contributed by atoms with Crippen molar-refractivity contribution >= 4 is 28.3 Å². The van der Waals surface area contributed by atoms with E-state index in [1.165, 1.54) is 18.3 Å². The van der Waals surface area contributed by atoms with E-state index in [0.717, 1.165) is 0 Å². The molecule has 2 amide bonds. The van der Waals surface area contributed by atoms with Gasteiger partial charge in [-0.2, -0.15) is 0 Å². The highest BCUT2D eigenvalue weighted by Gasteiger charge is 2.24. The second kappa shape index (κ2) is 7.08. The van der Waals surface area contributed by atoms with Gasteiger partial charge < -0.3 is 5.32 Å². The van der Waals surface area contributed by atoms with Gasteiger partial charge in [-0.15, -0.1) is 10.2 Å². The molecule has 116 valence electrons. The third kappa shape index (κ3) is 4.08. The Hall–Kier alpha value is -2.35. The zero-order valence-corrected chi connectivity index (χ0v) is 13.3. The Labute approximate surface area is 132 Å². The lowest BCUT2D eigenvalue weighted by atomic mass is 10.0. The van der Waals surface area contributed by atoms with Crippen LogP contribution in [-0.2, 0) is 9.59 Å². The van der Waals surface area contributed by atoms with Gasteiger partial charge in [0.2, 0.25) is 16.9 Å². The van der Waals surface area contributed by atoms with Gasteiger partial charge in [-0.05, 0) is 18.1 Å². The van der Waals surface area contributed by atoms with Gasteiger partial charge in [0.25, 0.3) is 0 Å². The fraction of sp³-hybridized carbons (Fsp3) is 0.357. The Balaban J connectivity index is 2.09. The maximum atomic E-state index is 12.2. The summed E-state index contributed by atoms with van der Waals surface area (Å²) in [6.45, 7) is 5.10. The van der Waals surface area contributed by atoms with Crippen LogP contribution in [0.1, 0.15) is 20.8 Å². The fourth-order valence-corrected chi connectivity index (χ4v) is 2.53. The minimum Gasteiger partial charge on any atom is -0.344 e. The lowest BCUT2D eigenvalue weighted by molar-refractivity contribution is -0.126. The van der Waals surface area contributed by atoms with Gasteiger partial charge in [0, 0.05) is 13.1 Å². The van der Waals surface area contributed by atoms with Crippen LogP contribution < -0.4 is 10.6 Å². The number of amides is 2. The van der Waals surface area contributed by atoms with Crippen molar-refractivity contribution in [3.8, 4) is 10.7 Å². The van der Waals surface area contributed by atoms with E-state index in [-0.39, 0.29) is 17.7 Å². The highest BCUT2D eigenvalue weighted by atomic mass is 32.1. The fourth-order valence-electron chi connectivity index (χ4n) is 1.80. The molecule has 2 aromatic heterocycles. The number of carbonyl (C=O) groups is 2. The second-order valence-electron chi connectivity index (χ2n) is 5.04. The van der Waals surface area contributed by atoms with Crippen LogP contribution >= 0.6 is 11.3 Å². The van der Waals surface area contributed by atoms with Crippen molar-refractivity contribution < 1.29 is 9.59 Å². The van der Waals surface area contributed by atoms with Crippen LogP contribution in [-0.4, -0.2) is 33.0 Å². The maximum Gasteiger partial charge on any atom is 0.249 e. The first-order valence-electron chi connectivity index (χ1n) is 6.80. The molecule has 2 N–H and O–H groups in total. The molecule has 0 bridgehead atoms. The summed E-state index contributed by atoms with van der Waals surface area (Å²) in [5.74, 6) is -0.596. The van der Waals surface area contributed by atoms with Crippen LogP contribution in [0.4, 0.5) is 5.13 Å². The van der Waals surface area contributed by atoms with Crippen molar-refractivity contribution in [1.29, 1.82) is 0 Å². The number of hydrogen-bond acceptors (Lipinski definition) is 6. The largest absolute Gasteiger partial charge is 0.344 e. The molecule has 2 heterocycles. The molecule has 0 aliphatic heterocycles. The van der Waals surface area contributed by atoms with Crippen molar-refractivity contribution in [2.24, 2.45) is 5.92 Å². The van der Waals surface area contributed by atoms with Crippen molar-refractivity contribution in [1.82, 2.24) is 20.5 Å². The quantitative estimate of drug-likeness (QED) is 0.874. The topological polar surface area (TPSA) is 96.9 Å². The first-order valence-corrected chi connectivity index (χ1v) is 7.62. The first-order chi connectivity index (χ1) is 10.5. The van der Waals surface area contributed by atoms with E-state index in [0.29, 0.717) is 15.8 Å². The number of aromatic nitrogens is 3. The summed E-state index contributed by atoms with van der Waals surface area (Å²) in [6, 6.07) is 4.88. The molecule has 2 rings (SSSR count). The molecular weight excluding hydrogens is 302 g/mol. The predicted molar refractivity (Wildman–Crippen MR) is 84.2 cm³/mol. The van der Waals surface area contributed by atoms with Crippen molar-refractivity contribution in [2.75, 3.05) is 5.32 Å². The number of nitrogens with one attached hydrogen (secondary N) is 2. The lowest BCUT2D eigenvalue weighted by Gasteiger charge is -2.19. The second-order valence-corrected chi connectivity index (χ2v) is 6.02. The Bertz CT molecular complexity index is 656. The number of rotatable bonds is 5. The van der Waals surface area contributed by atoms with E-state index in [1.807, 2.05) is 32.0 Å². The van der Waals surface area contributed by atoms with Crippen LogP contribution in [0.2, 0.25) is 0 Å². The first kappa shape index (κ1) is 16.0. The Morgan fingerprint density at radius 3 is 2.59 bits per heavy atom. The predicted octanol–water partition coefficient (Wildman–Crippen LogP) is 1.70. The summed E-state index contributed by atoms with van der Waals surface area (Å²) in [5.41, 5.74) is 0.697. The molecule has 8 heteroatoms. The van der Waals surface area contributed by atoms with Crippen LogP contribution in [0, 0.1) is 5.92 Å². The highest BCUT2D eigenvalue weighted by Crippen LogP contribution is 2.24. The van der Waals surface area contributed by atoms with E-state index in [9.17, 15) is 9.59 Å². The molecule has 0 aliphatic rings. The average molecular weight is 319 g/mol. The minimum absolute atomic E-state index is 0.0351. The molecule has 7 nitrogen and oxygen atoms in total. The number of hydrogen-bond donors (Lipinski definition) is 2. The van der Waals surface area contributed by atoms with Gasteiger partial charge in [-0.25, -0.2) is 0 Å². The zero-order chi connectivity index (χ0) is 16.1. The van der Waals surface area contributed by atoms with Gasteiger partial charge in [0.05, 0.1) is 0 Å². The smallest absolute Gasteiger partial charge is 0.249 e. The Morgan fingerprint density at radius 2 is 2.00 bits per heavy atom. The van der Waals surface area contributed by atoms with Crippen molar-refractivity contribution in [3.63, 3.8) is 0 Å². The molecule has 0 fully saturated rings. The van der Waals surface area contributed by atoms with Crippen molar-refractivity contribution in [3.05, 3.63) is 24.4 Å². The van der Waals surface area contributed by atoms with Crippen LogP contribution in [0.3, 0.4) is 0 Å². The minimum atomic E-state index is -0.611. The third-order valence-corrected chi connectivity index (χ3v) is 3.71. The normalized spacial score (nSPS) is 12.0. The van der Waals surface area contributed by atoms with Crippen LogP contribution in [0.25, 0.3) is 10.7 Å². The molecule has 0 aromatic carbocycles. The maximum absolute atomic E-state index is 12.2. The molecule has 0 aliphatic carbocycles. The van der Waals surface area contributed by atoms with Gasteiger partial charge in [0.1, 0.15) is 11.7 Å². The van der Waals surface area contributed by atoms with E-state index in [1.54, 1.807) is 6.20 Å².